The zero-order valence-corrected chi connectivity index (χ0v) is 14.3. The van der Waals surface area contributed by atoms with Crippen LogP contribution in [0.5, 0.6) is 0 Å². The van der Waals surface area contributed by atoms with Gasteiger partial charge >= 0.3 is 6.09 Å². The van der Waals surface area contributed by atoms with Crippen LogP contribution in [0.15, 0.2) is 54.6 Å². The second-order valence-electron chi connectivity index (χ2n) is 7.22. The molecular formula is C21H23NO2. The Labute approximate surface area is 143 Å². The van der Waals surface area contributed by atoms with E-state index < -0.39 is 11.1 Å². The summed E-state index contributed by atoms with van der Waals surface area (Å²) in [5.41, 5.74) is 2.94. The fraction of sp³-hybridized carbons (Fsp3) is 0.381. The molecule has 0 saturated carbocycles. The second kappa shape index (κ2) is 5.37. The van der Waals surface area contributed by atoms with E-state index in [0.717, 1.165) is 19.3 Å². The van der Waals surface area contributed by atoms with Crippen LogP contribution in [-0.2, 0) is 23.1 Å². The van der Waals surface area contributed by atoms with Gasteiger partial charge in [0.25, 0.3) is 0 Å². The van der Waals surface area contributed by atoms with Gasteiger partial charge in [0.15, 0.2) is 0 Å². The van der Waals surface area contributed by atoms with Crippen LogP contribution in [0.2, 0.25) is 0 Å². The van der Waals surface area contributed by atoms with Crippen LogP contribution in [0.1, 0.15) is 37.0 Å². The molecule has 0 N–H and O–H groups in total. The van der Waals surface area contributed by atoms with Crippen molar-refractivity contribution in [2.24, 2.45) is 0 Å². The first kappa shape index (κ1) is 15.3. The largest absolute Gasteiger partial charge is 0.440 e. The van der Waals surface area contributed by atoms with Crippen molar-refractivity contribution in [1.29, 1.82) is 0 Å². The lowest BCUT2D eigenvalue weighted by Crippen LogP contribution is -2.55. The third-order valence-electron chi connectivity index (χ3n) is 5.98. The zero-order chi connectivity index (χ0) is 16.8. The van der Waals surface area contributed by atoms with Crippen LogP contribution in [0.25, 0.3) is 0 Å². The molecule has 124 valence electrons. The minimum atomic E-state index is -0.463. The van der Waals surface area contributed by atoms with Crippen molar-refractivity contribution in [3.05, 3.63) is 71.3 Å². The first-order chi connectivity index (χ1) is 11.5. The Balaban J connectivity index is 1.71. The maximum absolute atomic E-state index is 12.7. The van der Waals surface area contributed by atoms with E-state index in [0.29, 0.717) is 6.54 Å². The molecule has 1 aliphatic carbocycles. The fourth-order valence-corrected chi connectivity index (χ4v) is 4.33. The lowest BCUT2D eigenvalue weighted by Gasteiger charge is -2.46. The average Bonchev–Trinajstić information content (AvgIpc) is 2.80. The van der Waals surface area contributed by atoms with Gasteiger partial charge in [-0.1, -0.05) is 54.6 Å². The van der Waals surface area contributed by atoms with Crippen LogP contribution >= 0.6 is 0 Å². The monoisotopic (exact) mass is 321 g/mol. The van der Waals surface area contributed by atoms with Gasteiger partial charge in [-0.2, -0.15) is 0 Å². The van der Waals surface area contributed by atoms with E-state index in [1.807, 2.05) is 23.1 Å². The van der Waals surface area contributed by atoms with Gasteiger partial charge in [-0.05, 0) is 49.8 Å². The zero-order valence-electron chi connectivity index (χ0n) is 14.3. The molecule has 2 aromatic carbocycles. The van der Waals surface area contributed by atoms with Gasteiger partial charge in [0.2, 0.25) is 0 Å². The summed E-state index contributed by atoms with van der Waals surface area (Å²) in [6.45, 7) is 4.92. The summed E-state index contributed by atoms with van der Waals surface area (Å²) < 4.78 is 5.90. The Morgan fingerprint density at radius 2 is 1.75 bits per heavy atom. The number of hydrogen-bond acceptors (Lipinski definition) is 2. The predicted octanol–water partition coefficient (Wildman–Crippen LogP) is 4.30. The van der Waals surface area contributed by atoms with Gasteiger partial charge in [0.05, 0.1) is 0 Å². The minimum Gasteiger partial charge on any atom is -0.440 e. The lowest BCUT2D eigenvalue weighted by atomic mass is 9.67. The summed E-state index contributed by atoms with van der Waals surface area (Å²) in [7, 11) is 0. The van der Waals surface area contributed by atoms with E-state index in [-0.39, 0.29) is 6.09 Å². The summed E-state index contributed by atoms with van der Waals surface area (Å²) >= 11 is 0. The number of nitrogens with zero attached hydrogens (tertiary/aromatic N) is 1. The molecule has 3 heteroatoms. The van der Waals surface area contributed by atoms with Gasteiger partial charge in [0, 0.05) is 6.54 Å². The first-order valence-corrected chi connectivity index (χ1v) is 8.67. The van der Waals surface area contributed by atoms with E-state index >= 15 is 0 Å². The van der Waals surface area contributed by atoms with Gasteiger partial charge < -0.3 is 4.74 Å². The summed E-state index contributed by atoms with van der Waals surface area (Å²) in [6.07, 6.45) is 2.48. The highest BCUT2D eigenvalue weighted by Crippen LogP contribution is 2.52. The number of aryl methyl sites for hydroxylation is 1. The topological polar surface area (TPSA) is 29.5 Å². The van der Waals surface area contributed by atoms with E-state index in [1.54, 1.807) is 0 Å². The number of carbonyl (C=O) groups excluding carboxylic acids is 1. The quantitative estimate of drug-likeness (QED) is 0.843. The minimum absolute atomic E-state index is 0.187. The van der Waals surface area contributed by atoms with Gasteiger partial charge in [0.1, 0.15) is 11.1 Å². The molecule has 1 saturated heterocycles. The summed E-state index contributed by atoms with van der Waals surface area (Å²) in [4.78, 5) is 14.6. The Kier molecular flexibility index (Phi) is 3.41. The first-order valence-electron chi connectivity index (χ1n) is 8.67. The number of benzene rings is 2. The van der Waals surface area contributed by atoms with Crippen molar-refractivity contribution in [3.63, 3.8) is 0 Å². The third kappa shape index (κ3) is 2.07. The van der Waals surface area contributed by atoms with Crippen LogP contribution in [0, 0.1) is 0 Å². The Bertz CT molecular complexity index is 772. The molecule has 1 aliphatic heterocycles. The summed E-state index contributed by atoms with van der Waals surface area (Å²) in [5, 5.41) is 0. The van der Waals surface area contributed by atoms with Gasteiger partial charge in [-0.15, -0.1) is 0 Å². The lowest BCUT2D eigenvalue weighted by molar-refractivity contribution is -0.00949. The molecule has 3 nitrogen and oxygen atoms in total. The average molecular weight is 321 g/mol. The summed E-state index contributed by atoms with van der Waals surface area (Å²) in [6, 6.07) is 18.8. The van der Waals surface area contributed by atoms with Gasteiger partial charge in [-0.25, -0.2) is 4.79 Å². The van der Waals surface area contributed by atoms with Crippen molar-refractivity contribution < 1.29 is 9.53 Å². The van der Waals surface area contributed by atoms with E-state index in [1.165, 1.54) is 16.7 Å². The molecule has 0 spiro atoms. The standard InChI is InChI=1S/C21H23NO2/c1-20-14-12-17-10-6-7-11-18(17)21(20,2)22(19(23)24-20)15-13-16-8-4-3-5-9-16/h3-11H,12-15H2,1-2H3/t20-,21-/m0/s1. The van der Waals surface area contributed by atoms with Gasteiger partial charge in [-0.3, -0.25) is 4.90 Å². The van der Waals surface area contributed by atoms with Crippen LogP contribution in [0.3, 0.4) is 0 Å². The number of hydrogen-bond donors (Lipinski definition) is 0. The highest BCUT2D eigenvalue weighted by molar-refractivity contribution is 5.74. The maximum atomic E-state index is 12.7. The highest BCUT2D eigenvalue weighted by Gasteiger charge is 2.62. The fourth-order valence-electron chi connectivity index (χ4n) is 4.33. The van der Waals surface area contributed by atoms with E-state index in [9.17, 15) is 4.79 Å². The molecule has 4 rings (SSSR count). The molecule has 1 fully saturated rings. The van der Waals surface area contributed by atoms with Crippen molar-refractivity contribution in [1.82, 2.24) is 4.90 Å². The van der Waals surface area contributed by atoms with E-state index in [2.05, 4.69) is 50.2 Å². The molecule has 2 aromatic rings. The molecule has 24 heavy (non-hydrogen) atoms. The molecule has 0 aromatic heterocycles. The number of rotatable bonds is 3. The molecule has 0 radical (unpaired) electrons. The third-order valence-corrected chi connectivity index (χ3v) is 5.98. The summed E-state index contributed by atoms with van der Waals surface area (Å²) in [5.74, 6) is 0. The molecular weight excluding hydrogens is 298 g/mol. The van der Waals surface area contributed by atoms with Crippen molar-refractivity contribution in [3.8, 4) is 0 Å². The smallest absolute Gasteiger partial charge is 0.411 e. The number of amides is 1. The highest BCUT2D eigenvalue weighted by atomic mass is 16.6. The Morgan fingerprint density at radius 1 is 1.04 bits per heavy atom. The second-order valence-corrected chi connectivity index (χ2v) is 7.22. The number of carbonyl (C=O) groups is 1. The van der Waals surface area contributed by atoms with E-state index in [4.69, 9.17) is 4.74 Å². The number of ether oxygens (including phenoxy) is 1. The maximum Gasteiger partial charge on any atom is 0.411 e. The van der Waals surface area contributed by atoms with Crippen molar-refractivity contribution in [2.75, 3.05) is 6.54 Å². The van der Waals surface area contributed by atoms with Crippen LogP contribution in [0.4, 0.5) is 4.79 Å². The Morgan fingerprint density at radius 3 is 2.54 bits per heavy atom. The molecule has 1 amide bonds. The molecule has 0 bridgehead atoms. The predicted molar refractivity (Wildman–Crippen MR) is 93.9 cm³/mol. The van der Waals surface area contributed by atoms with Crippen molar-refractivity contribution >= 4 is 6.09 Å². The Hall–Kier alpha value is -2.29. The van der Waals surface area contributed by atoms with Crippen LogP contribution in [-0.4, -0.2) is 23.1 Å². The normalized spacial score (nSPS) is 28.2. The van der Waals surface area contributed by atoms with Crippen LogP contribution < -0.4 is 0 Å². The molecule has 2 atom stereocenters. The SMILES string of the molecule is C[C@]12CCc3ccccc3[C@]1(C)N(CCc1ccccc1)C(=O)O2. The molecule has 0 unspecified atom stereocenters. The molecule has 1 heterocycles. The number of fused-ring (bicyclic) bond motifs is 3. The molecule has 2 aliphatic rings. The van der Waals surface area contributed by atoms with Crippen molar-refractivity contribution in [2.45, 2.75) is 44.2 Å².